The number of hydrogen-bond acceptors (Lipinski definition) is 5. The second-order valence-electron chi connectivity index (χ2n) is 19.6. The summed E-state index contributed by atoms with van der Waals surface area (Å²) >= 11 is 0. The third-order valence-electron chi connectivity index (χ3n) is 13.2. The molecule has 0 aromatic heterocycles. The Morgan fingerprint density at radius 3 is 1.12 bits per heavy atom. The lowest BCUT2D eigenvalue weighted by Crippen LogP contribution is -2.45. The lowest BCUT2D eigenvalue weighted by atomic mass is 10.0. The smallest absolute Gasteiger partial charge is 0.305 e. The summed E-state index contributed by atoms with van der Waals surface area (Å²) in [5.74, 6) is -0.102. The molecule has 0 heterocycles. The maximum Gasteiger partial charge on any atom is 0.305 e. The predicted octanol–water partition coefficient (Wildman–Crippen LogP) is 17.5. The molecule has 0 aromatic carbocycles. The molecule has 0 saturated carbocycles. The Balaban J connectivity index is 3.50. The van der Waals surface area contributed by atoms with Crippen LogP contribution in [0.5, 0.6) is 0 Å². The Morgan fingerprint density at radius 1 is 0.422 bits per heavy atom. The highest BCUT2D eigenvalue weighted by molar-refractivity contribution is 5.76. The zero-order valence-corrected chi connectivity index (χ0v) is 43.0. The van der Waals surface area contributed by atoms with Crippen LogP contribution in [0.2, 0.25) is 0 Å². The number of rotatable bonds is 53. The summed E-state index contributed by atoms with van der Waals surface area (Å²) < 4.78 is 5.43. The zero-order valence-electron chi connectivity index (χ0n) is 43.0. The number of carbonyl (C=O) groups excluding carboxylic acids is 2. The molecule has 0 aromatic rings. The average molecular weight is 903 g/mol. The summed E-state index contributed by atoms with van der Waals surface area (Å²) in [6.45, 7) is 4.87. The van der Waals surface area contributed by atoms with E-state index in [-0.39, 0.29) is 18.5 Å². The van der Waals surface area contributed by atoms with Gasteiger partial charge in [0.15, 0.2) is 0 Å². The van der Waals surface area contributed by atoms with E-state index < -0.39 is 12.1 Å². The highest BCUT2D eigenvalue weighted by Gasteiger charge is 2.20. The van der Waals surface area contributed by atoms with Gasteiger partial charge < -0.3 is 20.3 Å². The van der Waals surface area contributed by atoms with E-state index in [0.717, 1.165) is 83.5 Å². The zero-order chi connectivity index (χ0) is 46.5. The molecular formula is C58H111NO5. The molecule has 0 aliphatic carbocycles. The Bertz CT molecular complexity index is 997. The first kappa shape index (κ1) is 62.3. The second kappa shape index (κ2) is 54.0. The molecule has 6 nitrogen and oxygen atoms in total. The van der Waals surface area contributed by atoms with Gasteiger partial charge in [-0.15, -0.1) is 0 Å². The molecule has 0 rings (SSSR count). The normalized spacial score (nSPS) is 12.8. The molecule has 2 unspecified atom stereocenters. The van der Waals surface area contributed by atoms with E-state index in [1.807, 2.05) is 0 Å². The minimum absolute atomic E-state index is 0.0397. The Kier molecular flexibility index (Phi) is 52.6. The van der Waals surface area contributed by atoms with Crippen LogP contribution in [-0.4, -0.2) is 47.4 Å². The number of unbranched alkanes of at least 4 members (excludes halogenated alkanes) is 38. The maximum atomic E-state index is 12.5. The highest BCUT2D eigenvalue weighted by atomic mass is 16.5. The van der Waals surface area contributed by atoms with Crippen molar-refractivity contribution < 1.29 is 24.5 Å². The first-order chi connectivity index (χ1) is 31.5. The van der Waals surface area contributed by atoms with E-state index in [4.69, 9.17) is 4.74 Å². The Hall–Kier alpha value is -1.66. The van der Waals surface area contributed by atoms with Crippen molar-refractivity contribution in [3.8, 4) is 0 Å². The van der Waals surface area contributed by atoms with Gasteiger partial charge in [0.05, 0.1) is 25.4 Å². The maximum absolute atomic E-state index is 12.5. The van der Waals surface area contributed by atoms with Gasteiger partial charge in [-0.05, 0) is 77.0 Å². The van der Waals surface area contributed by atoms with E-state index in [2.05, 4.69) is 43.5 Å². The fourth-order valence-corrected chi connectivity index (χ4v) is 8.81. The van der Waals surface area contributed by atoms with E-state index in [9.17, 15) is 19.8 Å². The SMILES string of the molecule is CCCCCC/C=C\CCCCCCCC(=O)OCCCC/C=C\CCCCCCCC(=O)NC(CO)C(O)CCCCCCCCCCCCCCCCCCCCCCCCC. The molecule has 0 spiro atoms. The molecule has 0 bridgehead atoms. The molecule has 1 amide bonds. The van der Waals surface area contributed by atoms with Crippen LogP contribution in [0.3, 0.4) is 0 Å². The fourth-order valence-electron chi connectivity index (χ4n) is 8.81. The number of allylic oxidation sites excluding steroid dienone is 4. The van der Waals surface area contributed by atoms with Gasteiger partial charge in [-0.25, -0.2) is 0 Å². The number of esters is 1. The molecule has 378 valence electrons. The van der Waals surface area contributed by atoms with Crippen LogP contribution < -0.4 is 5.32 Å². The van der Waals surface area contributed by atoms with Gasteiger partial charge in [0.1, 0.15) is 0 Å². The van der Waals surface area contributed by atoms with Crippen LogP contribution in [0, 0.1) is 0 Å². The summed E-state index contributed by atoms with van der Waals surface area (Å²) in [5.41, 5.74) is 0. The molecule has 2 atom stereocenters. The molecule has 0 radical (unpaired) electrons. The number of aliphatic hydroxyl groups is 2. The Morgan fingerprint density at radius 2 is 0.734 bits per heavy atom. The number of aliphatic hydroxyl groups excluding tert-OH is 2. The van der Waals surface area contributed by atoms with Crippen molar-refractivity contribution in [3.63, 3.8) is 0 Å². The minimum atomic E-state index is -0.684. The van der Waals surface area contributed by atoms with Crippen molar-refractivity contribution in [1.82, 2.24) is 5.32 Å². The molecule has 64 heavy (non-hydrogen) atoms. The largest absolute Gasteiger partial charge is 0.466 e. The number of carbonyl (C=O) groups is 2. The van der Waals surface area contributed by atoms with Crippen LogP contribution in [0.4, 0.5) is 0 Å². The fraction of sp³-hybridized carbons (Fsp3) is 0.897. The quantitative estimate of drug-likeness (QED) is 0.0321. The topological polar surface area (TPSA) is 95.9 Å². The summed E-state index contributed by atoms with van der Waals surface area (Å²) in [7, 11) is 0. The lowest BCUT2D eigenvalue weighted by molar-refractivity contribution is -0.143. The Labute approximate surface area is 399 Å². The van der Waals surface area contributed by atoms with Gasteiger partial charge in [0, 0.05) is 12.8 Å². The van der Waals surface area contributed by atoms with E-state index >= 15 is 0 Å². The van der Waals surface area contributed by atoms with Crippen LogP contribution in [0.15, 0.2) is 24.3 Å². The van der Waals surface area contributed by atoms with Crippen LogP contribution in [0.1, 0.15) is 309 Å². The van der Waals surface area contributed by atoms with E-state index in [1.165, 1.54) is 193 Å². The van der Waals surface area contributed by atoms with Crippen LogP contribution in [0.25, 0.3) is 0 Å². The first-order valence-electron chi connectivity index (χ1n) is 28.6. The number of hydrogen-bond donors (Lipinski definition) is 3. The van der Waals surface area contributed by atoms with Crippen molar-refractivity contribution in [1.29, 1.82) is 0 Å². The van der Waals surface area contributed by atoms with Gasteiger partial charge in [-0.2, -0.15) is 0 Å². The third kappa shape index (κ3) is 49.8. The number of amides is 1. The van der Waals surface area contributed by atoms with Crippen molar-refractivity contribution >= 4 is 11.9 Å². The molecule has 3 N–H and O–H groups in total. The molecule has 0 fully saturated rings. The van der Waals surface area contributed by atoms with Crippen LogP contribution in [-0.2, 0) is 14.3 Å². The van der Waals surface area contributed by atoms with Gasteiger partial charge in [0.25, 0.3) is 0 Å². The molecule has 6 heteroatoms. The van der Waals surface area contributed by atoms with Gasteiger partial charge >= 0.3 is 5.97 Å². The van der Waals surface area contributed by atoms with Gasteiger partial charge in [-0.1, -0.05) is 244 Å². The third-order valence-corrected chi connectivity index (χ3v) is 13.2. The van der Waals surface area contributed by atoms with Gasteiger partial charge in [0.2, 0.25) is 5.91 Å². The van der Waals surface area contributed by atoms with Crippen molar-refractivity contribution in [2.45, 2.75) is 321 Å². The lowest BCUT2D eigenvalue weighted by Gasteiger charge is -2.22. The monoisotopic (exact) mass is 902 g/mol. The number of nitrogens with one attached hydrogen (secondary N) is 1. The van der Waals surface area contributed by atoms with E-state index in [0.29, 0.717) is 25.9 Å². The molecule has 0 saturated heterocycles. The standard InChI is InChI=1S/C58H111NO5/c1-3-5-7-9-11-13-15-17-18-19-20-21-22-23-24-25-26-28-30-34-38-42-46-50-56(61)55(54-60)59-57(62)51-47-43-39-35-31-29-33-37-41-45-49-53-64-58(63)52-48-44-40-36-32-27-16-14-12-10-8-6-4-2/h14,16,33,37,55-56,60-61H,3-13,15,17-32,34-36,38-54H2,1-2H3,(H,59,62)/b16-14-,37-33-. The summed E-state index contributed by atoms with van der Waals surface area (Å²) in [6, 6.07) is -0.564. The van der Waals surface area contributed by atoms with Crippen molar-refractivity contribution in [2.24, 2.45) is 0 Å². The summed E-state index contributed by atoms with van der Waals surface area (Å²) in [5, 5.41) is 23.3. The first-order valence-corrected chi connectivity index (χ1v) is 28.6. The van der Waals surface area contributed by atoms with E-state index in [1.54, 1.807) is 0 Å². The predicted molar refractivity (Wildman–Crippen MR) is 278 cm³/mol. The minimum Gasteiger partial charge on any atom is -0.466 e. The summed E-state index contributed by atoms with van der Waals surface area (Å²) in [6.07, 6.45) is 64.5. The van der Waals surface area contributed by atoms with Crippen molar-refractivity contribution in [2.75, 3.05) is 13.2 Å². The van der Waals surface area contributed by atoms with Crippen LogP contribution >= 0.6 is 0 Å². The summed E-state index contributed by atoms with van der Waals surface area (Å²) in [4.78, 5) is 24.5. The average Bonchev–Trinajstić information content (AvgIpc) is 3.29. The highest BCUT2D eigenvalue weighted by Crippen LogP contribution is 2.17. The van der Waals surface area contributed by atoms with Gasteiger partial charge in [-0.3, -0.25) is 9.59 Å². The van der Waals surface area contributed by atoms with Crippen molar-refractivity contribution in [3.05, 3.63) is 24.3 Å². The second-order valence-corrected chi connectivity index (χ2v) is 19.6. The molecule has 0 aliphatic rings. The number of ether oxygens (including phenoxy) is 1. The molecular weight excluding hydrogens is 791 g/mol. The molecule has 0 aliphatic heterocycles.